The highest BCUT2D eigenvalue weighted by molar-refractivity contribution is 5.82. The number of likely N-dealkylation sites (tertiary alicyclic amines) is 1. The van der Waals surface area contributed by atoms with E-state index in [-0.39, 0.29) is 24.1 Å². The molecule has 1 rings (SSSR count). The van der Waals surface area contributed by atoms with Crippen molar-refractivity contribution in [2.75, 3.05) is 27.3 Å². The SMILES string of the molecule is CCC(C(=N)N)N1CC(OC)C(OC)C1. The third kappa shape index (κ3) is 2.68. The smallest absolute Gasteiger partial charge is 0.108 e. The molecule has 0 spiro atoms. The predicted molar refractivity (Wildman–Crippen MR) is 59.2 cm³/mol. The lowest BCUT2D eigenvalue weighted by molar-refractivity contribution is -0.00461. The zero-order chi connectivity index (χ0) is 11.4. The molecule has 1 fully saturated rings. The topological polar surface area (TPSA) is 71.6 Å². The molecular weight excluding hydrogens is 194 g/mol. The van der Waals surface area contributed by atoms with Crippen molar-refractivity contribution < 1.29 is 9.47 Å². The summed E-state index contributed by atoms with van der Waals surface area (Å²) < 4.78 is 10.7. The van der Waals surface area contributed by atoms with Crippen LogP contribution >= 0.6 is 0 Å². The van der Waals surface area contributed by atoms with Crippen LogP contribution in [0.5, 0.6) is 0 Å². The molecule has 3 unspecified atom stereocenters. The number of amidine groups is 1. The Morgan fingerprint density at radius 1 is 1.40 bits per heavy atom. The second kappa shape index (κ2) is 5.44. The lowest BCUT2D eigenvalue weighted by Gasteiger charge is -2.25. The number of nitrogens with one attached hydrogen (secondary N) is 1. The Labute approximate surface area is 91.0 Å². The molecule has 0 aromatic carbocycles. The average molecular weight is 215 g/mol. The Morgan fingerprint density at radius 2 is 1.87 bits per heavy atom. The second-order valence-electron chi connectivity index (χ2n) is 3.88. The van der Waals surface area contributed by atoms with Crippen molar-refractivity contribution in [1.29, 1.82) is 5.41 Å². The number of hydrogen-bond donors (Lipinski definition) is 2. The zero-order valence-corrected chi connectivity index (χ0v) is 9.69. The van der Waals surface area contributed by atoms with Crippen LogP contribution in [0.2, 0.25) is 0 Å². The first kappa shape index (κ1) is 12.4. The molecule has 0 aromatic rings. The van der Waals surface area contributed by atoms with Crippen LogP contribution in [0.4, 0.5) is 0 Å². The molecule has 1 heterocycles. The molecule has 1 aliphatic rings. The Bertz CT molecular complexity index is 211. The van der Waals surface area contributed by atoms with Crippen LogP contribution in [-0.4, -0.2) is 56.3 Å². The molecule has 5 nitrogen and oxygen atoms in total. The molecule has 0 bridgehead atoms. The largest absolute Gasteiger partial charge is 0.386 e. The Balaban J connectivity index is 2.62. The highest BCUT2D eigenvalue weighted by Gasteiger charge is 2.36. The first-order valence-electron chi connectivity index (χ1n) is 5.27. The second-order valence-corrected chi connectivity index (χ2v) is 3.88. The Morgan fingerprint density at radius 3 is 2.13 bits per heavy atom. The Hall–Kier alpha value is -0.650. The lowest BCUT2D eigenvalue weighted by atomic mass is 10.2. The van der Waals surface area contributed by atoms with Crippen LogP contribution in [-0.2, 0) is 9.47 Å². The van der Waals surface area contributed by atoms with Gasteiger partial charge in [-0.2, -0.15) is 0 Å². The van der Waals surface area contributed by atoms with E-state index in [1.54, 1.807) is 14.2 Å². The van der Waals surface area contributed by atoms with Crippen LogP contribution in [0, 0.1) is 5.41 Å². The first-order valence-corrected chi connectivity index (χ1v) is 5.27. The van der Waals surface area contributed by atoms with Gasteiger partial charge in [0.1, 0.15) is 5.84 Å². The molecular formula is C10H21N3O2. The minimum Gasteiger partial charge on any atom is -0.386 e. The monoisotopic (exact) mass is 215 g/mol. The summed E-state index contributed by atoms with van der Waals surface area (Å²) in [6.07, 6.45) is 1.02. The maximum Gasteiger partial charge on any atom is 0.108 e. The van der Waals surface area contributed by atoms with E-state index < -0.39 is 0 Å². The molecule has 1 aliphatic heterocycles. The number of nitrogens with two attached hydrogens (primary N) is 1. The van der Waals surface area contributed by atoms with E-state index in [1.165, 1.54) is 0 Å². The number of ether oxygens (including phenoxy) is 2. The number of methoxy groups -OCH3 is 2. The van der Waals surface area contributed by atoms with E-state index in [0.717, 1.165) is 19.5 Å². The summed E-state index contributed by atoms with van der Waals surface area (Å²) in [5, 5.41) is 7.52. The maximum atomic E-state index is 7.52. The summed E-state index contributed by atoms with van der Waals surface area (Å²) >= 11 is 0. The van der Waals surface area contributed by atoms with Gasteiger partial charge in [0.2, 0.25) is 0 Å². The maximum absolute atomic E-state index is 7.52. The van der Waals surface area contributed by atoms with Crippen molar-refractivity contribution in [1.82, 2.24) is 4.90 Å². The highest BCUT2D eigenvalue weighted by atomic mass is 16.5. The van der Waals surface area contributed by atoms with E-state index in [9.17, 15) is 0 Å². The molecule has 15 heavy (non-hydrogen) atoms. The quantitative estimate of drug-likeness (QED) is 0.502. The van der Waals surface area contributed by atoms with Crippen LogP contribution in [0.25, 0.3) is 0 Å². The van der Waals surface area contributed by atoms with Gasteiger partial charge < -0.3 is 15.2 Å². The van der Waals surface area contributed by atoms with Crippen molar-refractivity contribution >= 4 is 5.84 Å². The molecule has 0 amide bonds. The third-order valence-electron chi connectivity index (χ3n) is 3.04. The van der Waals surface area contributed by atoms with E-state index in [2.05, 4.69) is 4.90 Å². The van der Waals surface area contributed by atoms with Crippen molar-refractivity contribution in [2.45, 2.75) is 31.6 Å². The number of rotatable bonds is 5. The van der Waals surface area contributed by atoms with Gasteiger partial charge in [0.15, 0.2) is 0 Å². The van der Waals surface area contributed by atoms with Crippen LogP contribution in [0.15, 0.2) is 0 Å². The fourth-order valence-corrected chi connectivity index (χ4v) is 2.15. The predicted octanol–water partition coefficient (Wildman–Crippen LogP) is 0.0466. The van der Waals surface area contributed by atoms with Crippen molar-refractivity contribution in [3.63, 3.8) is 0 Å². The van der Waals surface area contributed by atoms with Gasteiger partial charge >= 0.3 is 0 Å². The van der Waals surface area contributed by atoms with E-state index in [4.69, 9.17) is 20.6 Å². The molecule has 3 atom stereocenters. The van der Waals surface area contributed by atoms with Crippen molar-refractivity contribution in [3.8, 4) is 0 Å². The summed E-state index contributed by atoms with van der Waals surface area (Å²) in [5.41, 5.74) is 5.56. The Kier molecular flexibility index (Phi) is 4.50. The normalized spacial score (nSPS) is 29.3. The summed E-state index contributed by atoms with van der Waals surface area (Å²) in [4.78, 5) is 2.16. The molecule has 0 radical (unpaired) electrons. The molecule has 5 heteroatoms. The van der Waals surface area contributed by atoms with Gasteiger partial charge in [-0.25, -0.2) is 0 Å². The minimum atomic E-state index is 0.0165. The van der Waals surface area contributed by atoms with Crippen LogP contribution in [0.1, 0.15) is 13.3 Å². The molecule has 0 aliphatic carbocycles. The van der Waals surface area contributed by atoms with Crippen LogP contribution in [0.3, 0.4) is 0 Å². The van der Waals surface area contributed by atoms with Crippen molar-refractivity contribution in [2.24, 2.45) is 5.73 Å². The van der Waals surface area contributed by atoms with E-state index in [1.807, 2.05) is 6.92 Å². The molecule has 0 aromatic heterocycles. The van der Waals surface area contributed by atoms with Crippen LogP contribution < -0.4 is 5.73 Å². The van der Waals surface area contributed by atoms with E-state index in [0.29, 0.717) is 0 Å². The minimum absolute atomic E-state index is 0.0165. The molecule has 1 saturated heterocycles. The van der Waals surface area contributed by atoms with Crippen molar-refractivity contribution in [3.05, 3.63) is 0 Å². The van der Waals surface area contributed by atoms with Gasteiger partial charge in [-0.3, -0.25) is 10.3 Å². The standard InChI is InChI=1S/C10H21N3O2/c1-4-7(10(11)12)13-5-8(14-2)9(6-13)15-3/h7-9H,4-6H2,1-3H3,(H3,11,12). The summed E-state index contributed by atoms with van der Waals surface area (Å²) in [6, 6.07) is 0.0165. The lowest BCUT2D eigenvalue weighted by Crippen LogP contribution is -2.43. The third-order valence-corrected chi connectivity index (χ3v) is 3.04. The molecule has 3 N–H and O–H groups in total. The van der Waals surface area contributed by atoms with Gasteiger partial charge in [-0.05, 0) is 6.42 Å². The summed E-state index contributed by atoms with van der Waals surface area (Å²) in [7, 11) is 3.38. The average Bonchev–Trinajstić information content (AvgIpc) is 2.61. The molecule has 88 valence electrons. The van der Waals surface area contributed by atoms with E-state index >= 15 is 0 Å². The summed E-state index contributed by atoms with van der Waals surface area (Å²) in [6.45, 7) is 3.61. The van der Waals surface area contributed by atoms with Gasteiger partial charge in [0, 0.05) is 27.3 Å². The van der Waals surface area contributed by atoms with Gasteiger partial charge in [-0.1, -0.05) is 6.92 Å². The zero-order valence-electron chi connectivity index (χ0n) is 9.69. The van der Waals surface area contributed by atoms with Gasteiger partial charge in [-0.15, -0.1) is 0 Å². The van der Waals surface area contributed by atoms with Gasteiger partial charge in [0.05, 0.1) is 18.2 Å². The van der Waals surface area contributed by atoms with Gasteiger partial charge in [0.25, 0.3) is 0 Å². The summed E-state index contributed by atoms with van der Waals surface area (Å²) in [5.74, 6) is 0.226. The fourth-order valence-electron chi connectivity index (χ4n) is 2.15. The number of nitrogens with zero attached hydrogens (tertiary/aromatic N) is 1. The molecule has 0 saturated carbocycles. The fraction of sp³-hybridized carbons (Fsp3) is 0.900. The highest BCUT2D eigenvalue weighted by Crippen LogP contribution is 2.19. The first-order chi connectivity index (χ1) is 7.13. The number of hydrogen-bond acceptors (Lipinski definition) is 4.